The monoisotopic (exact) mass is 356 g/mol. The van der Waals surface area contributed by atoms with Crippen LogP contribution in [-0.4, -0.2) is 40.6 Å². The summed E-state index contributed by atoms with van der Waals surface area (Å²) in [5.74, 6) is 0.955. The lowest BCUT2D eigenvalue weighted by Gasteiger charge is -2.33. The summed E-state index contributed by atoms with van der Waals surface area (Å²) in [5.41, 5.74) is 0.750. The standard InChI is InChI=1S/C20H28N4O2/c1-20(2,3)26-19(25)21-17-10-7-12-23(15-17)18-11-13-24(22-18)14-16-8-5-4-6-9-16/h4-6,8-9,11,13,17H,7,10,12,14-15H2,1-3H3,(H,21,25). The van der Waals surface area contributed by atoms with Gasteiger partial charge < -0.3 is 15.0 Å². The molecule has 1 fully saturated rings. The molecule has 140 valence electrons. The lowest BCUT2D eigenvalue weighted by Crippen LogP contribution is -2.49. The summed E-state index contributed by atoms with van der Waals surface area (Å²) in [6, 6.07) is 12.4. The molecule has 26 heavy (non-hydrogen) atoms. The molecule has 1 unspecified atom stereocenters. The zero-order chi connectivity index (χ0) is 18.6. The van der Waals surface area contributed by atoms with Gasteiger partial charge in [0.05, 0.1) is 6.54 Å². The lowest BCUT2D eigenvalue weighted by molar-refractivity contribution is 0.0500. The van der Waals surface area contributed by atoms with Gasteiger partial charge in [-0.15, -0.1) is 0 Å². The summed E-state index contributed by atoms with van der Waals surface area (Å²) in [5, 5.41) is 7.69. The highest BCUT2D eigenvalue weighted by Crippen LogP contribution is 2.19. The summed E-state index contributed by atoms with van der Waals surface area (Å²) >= 11 is 0. The van der Waals surface area contributed by atoms with E-state index in [1.807, 2.05) is 55.9 Å². The topological polar surface area (TPSA) is 59.4 Å². The van der Waals surface area contributed by atoms with E-state index < -0.39 is 5.60 Å². The van der Waals surface area contributed by atoms with E-state index >= 15 is 0 Å². The van der Waals surface area contributed by atoms with Gasteiger partial charge in [0, 0.05) is 31.4 Å². The number of hydrogen-bond donors (Lipinski definition) is 1. The Hall–Kier alpha value is -2.50. The van der Waals surface area contributed by atoms with Gasteiger partial charge in [0.2, 0.25) is 0 Å². The predicted octanol–water partition coefficient (Wildman–Crippen LogP) is 3.42. The van der Waals surface area contributed by atoms with Crippen LogP contribution in [0.5, 0.6) is 0 Å². The maximum atomic E-state index is 12.0. The number of rotatable bonds is 4. The number of nitrogens with zero attached hydrogens (tertiary/aromatic N) is 3. The molecule has 1 N–H and O–H groups in total. The first-order valence-corrected chi connectivity index (χ1v) is 9.21. The third-order valence-corrected chi connectivity index (χ3v) is 4.28. The number of carbonyl (C=O) groups excluding carboxylic acids is 1. The Balaban J connectivity index is 1.57. The van der Waals surface area contributed by atoms with Gasteiger partial charge in [-0.25, -0.2) is 4.79 Å². The molecule has 1 aliphatic rings. The number of carbonyl (C=O) groups is 1. The summed E-state index contributed by atoms with van der Waals surface area (Å²) in [6.45, 7) is 8.09. The van der Waals surface area contributed by atoms with Crippen LogP contribution in [-0.2, 0) is 11.3 Å². The largest absolute Gasteiger partial charge is 0.444 e. The maximum Gasteiger partial charge on any atom is 0.407 e. The lowest BCUT2D eigenvalue weighted by atomic mass is 10.1. The molecule has 1 aliphatic heterocycles. The molecule has 1 aromatic heterocycles. The van der Waals surface area contributed by atoms with Gasteiger partial charge in [-0.3, -0.25) is 4.68 Å². The minimum atomic E-state index is -0.478. The van der Waals surface area contributed by atoms with Gasteiger partial charge in [0.15, 0.2) is 5.82 Å². The first kappa shape index (κ1) is 18.3. The molecule has 0 aliphatic carbocycles. The number of piperidine rings is 1. The molecular formula is C20H28N4O2. The third kappa shape index (κ3) is 5.25. The van der Waals surface area contributed by atoms with Gasteiger partial charge >= 0.3 is 6.09 Å². The fourth-order valence-corrected chi connectivity index (χ4v) is 3.16. The molecule has 1 saturated heterocycles. The van der Waals surface area contributed by atoms with Crippen LogP contribution in [0.25, 0.3) is 0 Å². The molecular weight excluding hydrogens is 328 g/mol. The minimum Gasteiger partial charge on any atom is -0.444 e. The van der Waals surface area contributed by atoms with Gasteiger partial charge in [-0.1, -0.05) is 30.3 Å². The Morgan fingerprint density at radius 1 is 1.27 bits per heavy atom. The number of aromatic nitrogens is 2. The van der Waals surface area contributed by atoms with Crippen molar-refractivity contribution in [3.63, 3.8) is 0 Å². The summed E-state index contributed by atoms with van der Waals surface area (Å²) in [6.07, 6.45) is 3.64. The van der Waals surface area contributed by atoms with E-state index in [0.717, 1.165) is 38.3 Å². The van der Waals surface area contributed by atoms with E-state index in [1.54, 1.807) is 0 Å². The Bertz CT molecular complexity index is 721. The number of ether oxygens (including phenoxy) is 1. The SMILES string of the molecule is CC(C)(C)OC(=O)NC1CCCN(c2ccn(Cc3ccccc3)n2)C1. The molecule has 1 amide bonds. The number of hydrogen-bond acceptors (Lipinski definition) is 4. The highest BCUT2D eigenvalue weighted by Gasteiger charge is 2.25. The summed E-state index contributed by atoms with van der Waals surface area (Å²) in [7, 11) is 0. The fourth-order valence-electron chi connectivity index (χ4n) is 3.16. The Labute approximate surface area is 155 Å². The van der Waals surface area contributed by atoms with Crippen molar-refractivity contribution in [2.75, 3.05) is 18.0 Å². The van der Waals surface area contributed by atoms with E-state index in [2.05, 4.69) is 22.3 Å². The molecule has 1 atom stereocenters. The number of benzene rings is 1. The van der Waals surface area contributed by atoms with Gasteiger partial charge in [0.1, 0.15) is 5.60 Å². The third-order valence-electron chi connectivity index (χ3n) is 4.28. The van der Waals surface area contributed by atoms with Crippen molar-refractivity contribution >= 4 is 11.9 Å². The van der Waals surface area contributed by atoms with Crippen LogP contribution in [0.1, 0.15) is 39.2 Å². The van der Waals surface area contributed by atoms with Gasteiger partial charge in [-0.2, -0.15) is 5.10 Å². The van der Waals surface area contributed by atoms with E-state index in [1.165, 1.54) is 5.56 Å². The molecule has 3 rings (SSSR count). The van der Waals surface area contributed by atoms with Crippen LogP contribution < -0.4 is 10.2 Å². The number of nitrogens with one attached hydrogen (secondary N) is 1. The summed E-state index contributed by atoms with van der Waals surface area (Å²) in [4.78, 5) is 14.2. The molecule has 0 radical (unpaired) electrons. The van der Waals surface area contributed by atoms with Crippen molar-refractivity contribution in [2.45, 2.75) is 51.8 Å². The van der Waals surface area contributed by atoms with Crippen molar-refractivity contribution < 1.29 is 9.53 Å². The quantitative estimate of drug-likeness (QED) is 0.912. The van der Waals surface area contributed by atoms with Crippen LogP contribution in [0.3, 0.4) is 0 Å². The molecule has 0 bridgehead atoms. The second-order valence-electron chi connectivity index (χ2n) is 7.79. The number of anilines is 1. The first-order valence-electron chi connectivity index (χ1n) is 9.21. The van der Waals surface area contributed by atoms with Crippen molar-refractivity contribution in [3.05, 3.63) is 48.2 Å². The van der Waals surface area contributed by atoms with Crippen LogP contribution >= 0.6 is 0 Å². The molecule has 0 spiro atoms. The summed E-state index contributed by atoms with van der Waals surface area (Å²) < 4.78 is 7.32. The Kier molecular flexibility index (Phi) is 5.49. The zero-order valence-electron chi connectivity index (χ0n) is 15.8. The molecule has 0 saturated carbocycles. The molecule has 1 aromatic carbocycles. The molecule has 6 heteroatoms. The maximum absolute atomic E-state index is 12.0. The predicted molar refractivity (Wildman–Crippen MR) is 102 cm³/mol. The average molecular weight is 356 g/mol. The smallest absolute Gasteiger partial charge is 0.407 e. The van der Waals surface area contributed by atoms with E-state index in [0.29, 0.717) is 0 Å². The number of amides is 1. The molecule has 6 nitrogen and oxygen atoms in total. The highest BCUT2D eigenvalue weighted by molar-refractivity contribution is 5.68. The van der Waals surface area contributed by atoms with Crippen LogP contribution in [0, 0.1) is 0 Å². The minimum absolute atomic E-state index is 0.0814. The second kappa shape index (κ2) is 7.81. The normalized spacial score (nSPS) is 17.8. The van der Waals surface area contributed by atoms with Crippen LogP contribution in [0.4, 0.5) is 10.6 Å². The second-order valence-corrected chi connectivity index (χ2v) is 7.79. The Morgan fingerprint density at radius 2 is 2.04 bits per heavy atom. The molecule has 2 heterocycles. The van der Waals surface area contributed by atoms with Crippen molar-refractivity contribution in [1.82, 2.24) is 15.1 Å². The first-order chi connectivity index (χ1) is 12.4. The zero-order valence-corrected chi connectivity index (χ0v) is 15.8. The Morgan fingerprint density at radius 3 is 2.77 bits per heavy atom. The molecule has 2 aromatic rings. The van der Waals surface area contributed by atoms with Gasteiger partial charge in [0.25, 0.3) is 0 Å². The average Bonchev–Trinajstić information content (AvgIpc) is 3.03. The van der Waals surface area contributed by atoms with Crippen molar-refractivity contribution in [3.8, 4) is 0 Å². The van der Waals surface area contributed by atoms with Crippen LogP contribution in [0.15, 0.2) is 42.6 Å². The van der Waals surface area contributed by atoms with Crippen molar-refractivity contribution in [2.24, 2.45) is 0 Å². The number of alkyl carbamates (subject to hydrolysis) is 1. The fraction of sp³-hybridized carbons (Fsp3) is 0.500. The van der Waals surface area contributed by atoms with E-state index in [-0.39, 0.29) is 12.1 Å². The van der Waals surface area contributed by atoms with E-state index in [9.17, 15) is 4.79 Å². The van der Waals surface area contributed by atoms with Crippen molar-refractivity contribution in [1.29, 1.82) is 0 Å². The van der Waals surface area contributed by atoms with Crippen LogP contribution in [0.2, 0.25) is 0 Å². The highest BCUT2D eigenvalue weighted by atomic mass is 16.6. The van der Waals surface area contributed by atoms with Gasteiger partial charge in [-0.05, 0) is 39.2 Å². The van der Waals surface area contributed by atoms with E-state index in [4.69, 9.17) is 9.84 Å².